The zero-order chi connectivity index (χ0) is 13.8. The van der Waals surface area contributed by atoms with Crippen LogP contribution in [0.4, 0.5) is 5.95 Å². The van der Waals surface area contributed by atoms with Crippen molar-refractivity contribution in [1.82, 2.24) is 14.3 Å². The highest BCUT2D eigenvalue weighted by atomic mass is 32.2. The first kappa shape index (κ1) is 14.8. The first-order valence-corrected chi connectivity index (χ1v) is 7.45. The molecule has 0 aliphatic carbocycles. The van der Waals surface area contributed by atoms with Crippen molar-refractivity contribution in [3.05, 3.63) is 12.4 Å². The topological polar surface area (TPSA) is 75.2 Å². The molecule has 1 rings (SSSR count). The van der Waals surface area contributed by atoms with Crippen LogP contribution in [0, 0.1) is 0 Å². The van der Waals surface area contributed by atoms with E-state index in [4.69, 9.17) is 0 Å². The van der Waals surface area contributed by atoms with Crippen LogP contribution in [-0.4, -0.2) is 41.8 Å². The second kappa shape index (κ2) is 6.10. The third-order valence-corrected chi connectivity index (χ3v) is 4.56. The molecule has 18 heavy (non-hydrogen) atoms. The lowest BCUT2D eigenvalue weighted by Gasteiger charge is -2.23. The minimum absolute atomic E-state index is 0.0894. The summed E-state index contributed by atoms with van der Waals surface area (Å²) < 4.78 is 26.0. The third-order valence-electron chi connectivity index (χ3n) is 2.46. The Balaban J connectivity index is 3.04. The van der Waals surface area contributed by atoms with E-state index in [1.165, 1.54) is 16.7 Å². The SMILES string of the molecule is CCNc1ncc(S(=O)(=O)N(CC)C(C)C)cn1. The number of nitrogens with one attached hydrogen (secondary N) is 1. The van der Waals surface area contributed by atoms with Crippen molar-refractivity contribution in [3.8, 4) is 0 Å². The maximum absolute atomic E-state index is 12.3. The maximum Gasteiger partial charge on any atom is 0.246 e. The van der Waals surface area contributed by atoms with E-state index in [9.17, 15) is 8.42 Å². The molecule has 0 saturated heterocycles. The van der Waals surface area contributed by atoms with Crippen molar-refractivity contribution >= 4 is 16.0 Å². The van der Waals surface area contributed by atoms with Crippen molar-refractivity contribution < 1.29 is 8.42 Å². The van der Waals surface area contributed by atoms with E-state index in [0.29, 0.717) is 19.0 Å². The van der Waals surface area contributed by atoms with Crippen LogP contribution in [0.3, 0.4) is 0 Å². The van der Waals surface area contributed by atoms with Crippen LogP contribution >= 0.6 is 0 Å². The molecule has 7 heteroatoms. The van der Waals surface area contributed by atoms with E-state index < -0.39 is 10.0 Å². The van der Waals surface area contributed by atoms with Crippen LogP contribution < -0.4 is 5.32 Å². The lowest BCUT2D eigenvalue weighted by Crippen LogP contribution is -2.36. The molecule has 0 unspecified atom stereocenters. The zero-order valence-corrected chi connectivity index (χ0v) is 12.0. The van der Waals surface area contributed by atoms with Crippen LogP contribution in [0.5, 0.6) is 0 Å². The summed E-state index contributed by atoms with van der Waals surface area (Å²) in [6.07, 6.45) is 2.68. The smallest absolute Gasteiger partial charge is 0.246 e. The van der Waals surface area contributed by atoms with E-state index in [1.54, 1.807) is 0 Å². The first-order chi connectivity index (χ1) is 8.43. The quantitative estimate of drug-likeness (QED) is 0.845. The van der Waals surface area contributed by atoms with Gasteiger partial charge in [0.05, 0.1) is 12.4 Å². The fourth-order valence-electron chi connectivity index (χ4n) is 1.65. The standard InChI is InChI=1S/C11H20N4O2S/c1-5-12-11-13-7-10(8-14-11)18(16,17)15(6-2)9(3)4/h7-9H,5-6H2,1-4H3,(H,12,13,14). The zero-order valence-electron chi connectivity index (χ0n) is 11.2. The van der Waals surface area contributed by atoms with Gasteiger partial charge in [0.25, 0.3) is 0 Å². The number of anilines is 1. The average molecular weight is 272 g/mol. The van der Waals surface area contributed by atoms with Gasteiger partial charge in [-0.3, -0.25) is 0 Å². The highest BCUT2D eigenvalue weighted by Gasteiger charge is 2.26. The van der Waals surface area contributed by atoms with E-state index in [1.807, 2.05) is 27.7 Å². The van der Waals surface area contributed by atoms with Crippen LogP contribution in [0.25, 0.3) is 0 Å². The Bertz CT molecular complexity index is 470. The summed E-state index contributed by atoms with van der Waals surface area (Å²) in [4.78, 5) is 8.09. The normalized spacial score (nSPS) is 12.1. The Morgan fingerprint density at radius 3 is 2.22 bits per heavy atom. The van der Waals surface area contributed by atoms with E-state index in [2.05, 4.69) is 15.3 Å². The van der Waals surface area contributed by atoms with Gasteiger partial charge in [-0.2, -0.15) is 4.31 Å². The van der Waals surface area contributed by atoms with Crippen LogP contribution in [0.1, 0.15) is 27.7 Å². The van der Waals surface area contributed by atoms with Gasteiger partial charge in [0, 0.05) is 19.1 Å². The number of rotatable bonds is 6. The molecule has 0 radical (unpaired) electrons. The van der Waals surface area contributed by atoms with Crippen molar-refractivity contribution in [2.75, 3.05) is 18.4 Å². The summed E-state index contributed by atoms with van der Waals surface area (Å²) in [7, 11) is -3.50. The van der Waals surface area contributed by atoms with Crippen molar-refractivity contribution in [2.24, 2.45) is 0 Å². The van der Waals surface area contributed by atoms with Crippen molar-refractivity contribution in [2.45, 2.75) is 38.6 Å². The summed E-state index contributed by atoms with van der Waals surface area (Å²) >= 11 is 0. The molecule has 0 bridgehead atoms. The summed E-state index contributed by atoms with van der Waals surface area (Å²) in [6.45, 7) is 8.54. The van der Waals surface area contributed by atoms with Crippen LogP contribution in [0.2, 0.25) is 0 Å². The lowest BCUT2D eigenvalue weighted by molar-refractivity contribution is 0.369. The number of aromatic nitrogens is 2. The molecule has 0 aliphatic rings. The summed E-state index contributed by atoms with van der Waals surface area (Å²) in [5, 5.41) is 2.92. The molecule has 6 nitrogen and oxygen atoms in total. The van der Waals surface area contributed by atoms with Crippen LogP contribution in [-0.2, 0) is 10.0 Å². The monoisotopic (exact) mass is 272 g/mol. The van der Waals surface area contributed by atoms with Gasteiger partial charge in [-0.1, -0.05) is 6.92 Å². The molecule has 0 fully saturated rings. The second-order valence-corrected chi connectivity index (χ2v) is 5.97. The van der Waals surface area contributed by atoms with E-state index in [0.717, 1.165) is 0 Å². The number of hydrogen-bond donors (Lipinski definition) is 1. The molecule has 0 spiro atoms. The molecular formula is C11H20N4O2S. The minimum Gasteiger partial charge on any atom is -0.355 e. The lowest BCUT2D eigenvalue weighted by atomic mass is 10.4. The number of sulfonamides is 1. The van der Waals surface area contributed by atoms with Gasteiger partial charge >= 0.3 is 0 Å². The largest absolute Gasteiger partial charge is 0.355 e. The van der Waals surface area contributed by atoms with Crippen LogP contribution in [0.15, 0.2) is 17.3 Å². The molecule has 1 N–H and O–H groups in total. The second-order valence-electron chi connectivity index (χ2n) is 4.07. The van der Waals surface area contributed by atoms with Gasteiger partial charge in [-0.05, 0) is 20.8 Å². The molecule has 1 heterocycles. The molecule has 102 valence electrons. The molecular weight excluding hydrogens is 252 g/mol. The van der Waals surface area contributed by atoms with E-state index in [-0.39, 0.29) is 10.9 Å². The molecule has 0 aromatic carbocycles. The summed E-state index contributed by atoms with van der Waals surface area (Å²) in [5.41, 5.74) is 0. The van der Waals surface area contributed by atoms with Crippen molar-refractivity contribution in [3.63, 3.8) is 0 Å². The average Bonchev–Trinajstić information content (AvgIpc) is 2.30. The molecule has 0 saturated carbocycles. The summed E-state index contributed by atoms with van der Waals surface area (Å²) in [5.74, 6) is 0.434. The predicted octanol–water partition coefficient (Wildman–Crippen LogP) is 1.33. The van der Waals surface area contributed by atoms with Gasteiger partial charge in [-0.25, -0.2) is 18.4 Å². The van der Waals surface area contributed by atoms with Gasteiger partial charge < -0.3 is 5.32 Å². The Morgan fingerprint density at radius 1 is 1.28 bits per heavy atom. The maximum atomic E-state index is 12.3. The summed E-state index contributed by atoms with van der Waals surface area (Å²) in [6, 6.07) is -0.0894. The highest BCUT2D eigenvalue weighted by Crippen LogP contribution is 2.16. The molecule has 0 aliphatic heterocycles. The number of hydrogen-bond acceptors (Lipinski definition) is 5. The Labute approximate surface area is 108 Å². The van der Waals surface area contributed by atoms with Gasteiger partial charge in [0.1, 0.15) is 4.90 Å². The fraction of sp³-hybridized carbons (Fsp3) is 0.636. The molecule has 0 amide bonds. The Morgan fingerprint density at radius 2 is 1.83 bits per heavy atom. The number of nitrogens with zero attached hydrogens (tertiary/aromatic N) is 3. The third kappa shape index (κ3) is 3.17. The predicted molar refractivity (Wildman–Crippen MR) is 70.9 cm³/mol. The van der Waals surface area contributed by atoms with Gasteiger partial charge in [-0.15, -0.1) is 0 Å². The highest BCUT2D eigenvalue weighted by molar-refractivity contribution is 7.89. The fourth-order valence-corrected chi connectivity index (χ4v) is 3.18. The van der Waals surface area contributed by atoms with Gasteiger partial charge in [0.15, 0.2) is 0 Å². The van der Waals surface area contributed by atoms with Gasteiger partial charge in [0.2, 0.25) is 16.0 Å². The van der Waals surface area contributed by atoms with Crippen molar-refractivity contribution in [1.29, 1.82) is 0 Å². The Kier molecular flexibility index (Phi) is 5.03. The van der Waals surface area contributed by atoms with E-state index >= 15 is 0 Å². The molecule has 0 atom stereocenters. The Hall–Kier alpha value is -1.21. The molecule has 1 aromatic rings. The first-order valence-electron chi connectivity index (χ1n) is 6.01. The molecule has 1 aromatic heterocycles. The minimum atomic E-state index is -3.50.